The fourth-order valence-corrected chi connectivity index (χ4v) is 2.05. The molecule has 1 amide bonds. The lowest BCUT2D eigenvalue weighted by Crippen LogP contribution is -2.33. The number of nitrogens with two attached hydrogens (primary N) is 1. The summed E-state index contributed by atoms with van der Waals surface area (Å²) >= 11 is 0. The van der Waals surface area contributed by atoms with Crippen molar-refractivity contribution in [2.75, 3.05) is 17.6 Å². The molecule has 0 spiro atoms. The van der Waals surface area contributed by atoms with Crippen LogP contribution in [0.4, 0.5) is 11.8 Å². The van der Waals surface area contributed by atoms with Crippen LogP contribution in [0.1, 0.15) is 39.2 Å². The summed E-state index contributed by atoms with van der Waals surface area (Å²) in [6.07, 6.45) is 1.83. The number of nitrogens with zero attached hydrogens (tertiary/aromatic N) is 3. The summed E-state index contributed by atoms with van der Waals surface area (Å²) in [5, 5.41) is 5.98. The van der Waals surface area contributed by atoms with Gasteiger partial charge in [-0.25, -0.2) is 4.98 Å². The van der Waals surface area contributed by atoms with Crippen LogP contribution in [0.15, 0.2) is 12.3 Å². The SMILES string of the molecule is CC(=O)NCC(C)Nc1nc(N)nc2cc(C(C)C)cnc12. The number of hydrogen-bond acceptors (Lipinski definition) is 6. The number of aromatic nitrogens is 3. The summed E-state index contributed by atoms with van der Waals surface area (Å²) in [6, 6.07) is 1.97. The molecule has 4 N–H and O–H groups in total. The number of amides is 1. The van der Waals surface area contributed by atoms with E-state index in [0.717, 1.165) is 5.56 Å². The van der Waals surface area contributed by atoms with Gasteiger partial charge in [-0.3, -0.25) is 9.78 Å². The second kappa shape index (κ2) is 6.55. The predicted octanol–water partition coefficient (Wildman–Crippen LogP) is 1.67. The molecule has 0 saturated carbocycles. The molecule has 0 aliphatic carbocycles. The third-order valence-electron chi connectivity index (χ3n) is 3.28. The van der Waals surface area contributed by atoms with E-state index in [-0.39, 0.29) is 17.9 Å². The monoisotopic (exact) mass is 302 g/mol. The average Bonchev–Trinajstić information content (AvgIpc) is 2.44. The van der Waals surface area contributed by atoms with Crippen LogP contribution in [0.5, 0.6) is 0 Å². The van der Waals surface area contributed by atoms with Gasteiger partial charge in [0.2, 0.25) is 11.9 Å². The van der Waals surface area contributed by atoms with E-state index >= 15 is 0 Å². The number of anilines is 2. The highest BCUT2D eigenvalue weighted by molar-refractivity contribution is 5.86. The first-order chi connectivity index (χ1) is 10.4. The molecule has 118 valence electrons. The molecule has 1 unspecified atom stereocenters. The molecule has 2 aromatic rings. The molecule has 0 aromatic carbocycles. The fourth-order valence-electron chi connectivity index (χ4n) is 2.05. The molecule has 7 nitrogen and oxygen atoms in total. The van der Waals surface area contributed by atoms with Gasteiger partial charge in [-0.1, -0.05) is 13.8 Å². The maximum absolute atomic E-state index is 11.0. The highest BCUT2D eigenvalue weighted by Gasteiger charge is 2.12. The van der Waals surface area contributed by atoms with Crippen molar-refractivity contribution in [3.05, 3.63) is 17.8 Å². The summed E-state index contributed by atoms with van der Waals surface area (Å²) in [5.74, 6) is 1.07. The second-order valence-electron chi connectivity index (χ2n) is 5.70. The molecule has 1 atom stereocenters. The summed E-state index contributed by atoms with van der Waals surface area (Å²) < 4.78 is 0. The number of carbonyl (C=O) groups excluding carboxylic acids is 1. The minimum atomic E-state index is -0.0691. The maximum atomic E-state index is 11.0. The van der Waals surface area contributed by atoms with Gasteiger partial charge in [-0.05, 0) is 24.5 Å². The van der Waals surface area contributed by atoms with Crippen molar-refractivity contribution in [3.63, 3.8) is 0 Å². The van der Waals surface area contributed by atoms with Gasteiger partial charge in [0, 0.05) is 25.7 Å². The van der Waals surface area contributed by atoms with E-state index < -0.39 is 0 Å². The Hall–Kier alpha value is -2.44. The minimum absolute atomic E-state index is 0.00650. The van der Waals surface area contributed by atoms with Crippen LogP contribution in [-0.2, 0) is 4.79 Å². The molecule has 0 fully saturated rings. The lowest BCUT2D eigenvalue weighted by atomic mass is 10.1. The highest BCUT2D eigenvalue weighted by atomic mass is 16.1. The summed E-state index contributed by atoms with van der Waals surface area (Å²) in [5.41, 5.74) is 8.28. The van der Waals surface area contributed by atoms with Crippen LogP contribution in [0.3, 0.4) is 0 Å². The highest BCUT2D eigenvalue weighted by Crippen LogP contribution is 2.23. The number of nitrogen functional groups attached to an aromatic ring is 1. The Balaban J connectivity index is 2.31. The van der Waals surface area contributed by atoms with Crippen molar-refractivity contribution in [2.45, 2.75) is 39.7 Å². The maximum Gasteiger partial charge on any atom is 0.222 e. The zero-order valence-electron chi connectivity index (χ0n) is 13.3. The van der Waals surface area contributed by atoms with Crippen molar-refractivity contribution in [2.24, 2.45) is 0 Å². The topological polar surface area (TPSA) is 106 Å². The smallest absolute Gasteiger partial charge is 0.222 e. The molecular formula is C15H22N6O. The van der Waals surface area contributed by atoms with Crippen LogP contribution in [0.2, 0.25) is 0 Å². The molecule has 2 rings (SSSR count). The van der Waals surface area contributed by atoms with Gasteiger partial charge < -0.3 is 16.4 Å². The summed E-state index contributed by atoms with van der Waals surface area (Å²) in [4.78, 5) is 23.9. The molecule has 0 saturated heterocycles. The first-order valence-corrected chi connectivity index (χ1v) is 7.31. The summed E-state index contributed by atoms with van der Waals surface area (Å²) in [7, 11) is 0. The number of rotatable bonds is 5. The van der Waals surface area contributed by atoms with E-state index in [4.69, 9.17) is 5.73 Å². The van der Waals surface area contributed by atoms with E-state index in [1.807, 2.05) is 19.2 Å². The Morgan fingerprint density at radius 3 is 2.68 bits per heavy atom. The quantitative estimate of drug-likeness (QED) is 0.775. The van der Waals surface area contributed by atoms with Gasteiger partial charge in [0.1, 0.15) is 5.52 Å². The van der Waals surface area contributed by atoms with Crippen molar-refractivity contribution < 1.29 is 4.79 Å². The molecule has 0 aliphatic rings. The molecule has 7 heteroatoms. The van der Waals surface area contributed by atoms with Gasteiger partial charge in [0.25, 0.3) is 0 Å². The van der Waals surface area contributed by atoms with Gasteiger partial charge >= 0.3 is 0 Å². The molecular weight excluding hydrogens is 280 g/mol. The van der Waals surface area contributed by atoms with E-state index in [9.17, 15) is 4.79 Å². The molecule has 2 heterocycles. The molecule has 0 radical (unpaired) electrons. The Labute approximate surface area is 129 Å². The van der Waals surface area contributed by atoms with Crippen molar-refractivity contribution in [1.29, 1.82) is 0 Å². The van der Waals surface area contributed by atoms with Gasteiger partial charge in [-0.2, -0.15) is 4.98 Å². The molecule has 2 aromatic heterocycles. The first kappa shape index (κ1) is 15.9. The number of pyridine rings is 1. The van der Waals surface area contributed by atoms with Crippen molar-refractivity contribution in [1.82, 2.24) is 20.3 Å². The molecule has 22 heavy (non-hydrogen) atoms. The molecule has 0 bridgehead atoms. The normalized spacial score (nSPS) is 12.4. The third kappa shape index (κ3) is 3.81. The predicted molar refractivity (Wildman–Crippen MR) is 87.6 cm³/mol. The lowest BCUT2D eigenvalue weighted by molar-refractivity contribution is -0.118. The van der Waals surface area contributed by atoms with E-state index in [1.54, 1.807) is 0 Å². The first-order valence-electron chi connectivity index (χ1n) is 7.31. The average molecular weight is 302 g/mol. The Kier molecular flexibility index (Phi) is 4.75. The van der Waals surface area contributed by atoms with Crippen LogP contribution >= 0.6 is 0 Å². The number of fused-ring (bicyclic) bond motifs is 1. The zero-order chi connectivity index (χ0) is 16.3. The van der Waals surface area contributed by atoms with Gasteiger partial charge in [0.15, 0.2) is 5.82 Å². The van der Waals surface area contributed by atoms with Crippen LogP contribution in [-0.4, -0.2) is 33.4 Å². The van der Waals surface area contributed by atoms with Gasteiger partial charge in [0.05, 0.1) is 5.52 Å². The molecule has 0 aliphatic heterocycles. The largest absolute Gasteiger partial charge is 0.368 e. The van der Waals surface area contributed by atoms with Crippen LogP contribution in [0, 0.1) is 0 Å². The van der Waals surface area contributed by atoms with E-state index in [0.29, 0.717) is 29.3 Å². The van der Waals surface area contributed by atoms with E-state index in [2.05, 4.69) is 39.4 Å². The van der Waals surface area contributed by atoms with Crippen LogP contribution < -0.4 is 16.4 Å². The Morgan fingerprint density at radius 2 is 2.05 bits per heavy atom. The fraction of sp³-hybridized carbons (Fsp3) is 0.467. The van der Waals surface area contributed by atoms with Crippen molar-refractivity contribution >= 4 is 28.7 Å². The van der Waals surface area contributed by atoms with Crippen molar-refractivity contribution in [3.8, 4) is 0 Å². The van der Waals surface area contributed by atoms with Crippen LogP contribution in [0.25, 0.3) is 11.0 Å². The van der Waals surface area contributed by atoms with Gasteiger partial charge in [-0.15, -0.1) is 0 Å². The lowest BCUT2D eigenvalue weighted by Gasteiger charge is -2.16. The number of nitrogens with one attached hydrogen (secondary N) is 2. The van der Waals surface area contributed by atoms with E-state index in [1.165, 1.54) is 6.92 Å². The Morgan fingerprint density at radius 1 is 1.32 bits per heavy atom. The Bertz CT molecular complexity index is 685. The standard InChI is InChI=1S/C15H22N6O/c1-8(2)11-5-12-13(18-7-11)14(21-15(16)20-12)19-9(3)6-17-10(4)22/h5,7-9H,6H2,1-4H3,(H,17,22)(H3,16,19,20,21). The zero-order valence-corrected chi connectivity index (χ0v) is 13.3. The minimum Gasteiger partial charge on any atom is -0.368 e. The number of carbonyl (C=O) groups is 1. The summed E-state index contributed by atoms with van der Waals surface area (Å²) in [6.45, 7) is 8.12. The number of hydrogen-bond donors (Lipinski definition) is 3. The third-order valence-corrected chi connectivity index (χ3v) is 3.28. The second-order valence-corrected chi connectivity index (χ2v) is 5.70.